The van der Waals surface area contributed by atoms with Gasteiger partial charge in [0.2, 0.25) is 5.91 Å². The lowest BCUT2D eigenvalue weighted by Crippen LogP contribution is -2.15. The second-order valence-electron chi connectivity index (χ2n) is 6.30. The molecule has 152 valence electrons. The van der Waals surface area contributed by atoms with Gasteiger partial charge in [0.25, 0.3) is 5.56 Å². The molecule has 0 saturated heterocycles. The molecule has 0 bridgehead atoms. The minimum absolute atomic E-state index is 0.119. The molecular formula is C21H19N5O3S. The van der Waals surface area contributed by atoms with Gasteiger partial charge in [-0.25, -0.2) is 14.5 Å². The van der Waals surface area contributed by atoms with Crippen LogP contribution in [0.1, 0.15) is 6.92 Å². The van der Waals surface area contributed by atoms with Gasteiger partial charge in [-0.3, -0.25) is 14.7 Å². The van der Waals surface area contributed by atoms with Crippen molar-refractivity contribution in [2.45, 2.75) is 12.1 Å². The van der Waals surface area contributed by atoms with Gasteiger partial charge in [-0.15, -0.1) is 0 Å². The highest BCUT2D eigenvalue weighted by Crippen LogP contribution is 2.22. The first kappa shape index (κ1) is 19.7. The number of aromatic nitrogens is 4. The fraction of sp³-hybridized carbons (Fsp3) is 0.143. The van der Waals surface area contributed by atoms with Crippen molar-refractivity contribution in [2.75, 3.05) is 17.7 Å². The number of hydrogen-bond donors (Lipinski definition) is 2. The summed E-state index contributed by atoms with van der Waals surface area (Å²) in [5.74, 6) is 1.17. The maximum absolute atomic E-state index is 12.4. The third-order valence-corrected chi connectivity index (χ3v) is 5.08. The molecule has 0 spiro atoms. The highest BCUT2D eigenvalue weighted by molar-refractivity contribution is 7.99. The summed E-state index contributed by atoms with van der Waals surface area (Å²) in [6.07, 6.45) is 0. The third-order valence-electron chi connectivity index (χ3n) is 4.14. The number of ether oxygens (including phenoxy) is 1. The van der Waals surface area contributed by atoms with E-state index in [9.17, 15) is 9.59 Å². The van der Waals surface area contributed by atoms with Gasteiger partial charge in [-0.2, -0.15) is 0 Å². The van der Waals surface area contributed by atoms with Crippen molar-refractivity contribution >= 4 is 29.0 Å². The van der Waals surface area contributed by atoms with E-state index >= 15 is 0 Å². The smallest absolute Gasteiger partial charge is 0.266 e. The van der Waals surface area contributed by atoms with E-state index in [4.69, 9.17) is 4.74 Å². The number of amides is 1. The zero-order chi connectivity index (χ0) is 20.9. The lowest BCUT2D eigenvalue weighted by atomic mass is 10.2. The van der Waals surface area contributed by atoms with Crippen LogP contribution in [0.4, 0.5) is 5.69 Å². The lowest BCUT2D eigenvalue weighted by molar-refractivity contribution is -0.113. The summed E-state index contributed by atoms with van der Waals surface area (Å²) < 4.78 is 6.89. The summed E-state index contributed by atoms with van der Waals surface area (Å²) in [4.78, 5) is 33.2. The molecule has 2 N–H and O–H groups in total. The summed E-state index contributed by atoms with van der Waals surface area (Å²) in [5, 5.41) is 5.98. The summed E-state index contributed by atoms with van der Waals surface area (Å²) in [5.41, 5.74) is 1.67. The summed E-state index contributed by atoms with van der Waals surface area (Å²) in [6, 6.07) is 18.1. The predicted octanol–water partition coefficient (Wildman–Crippen LogP) is 3.21. The predicted molar refractivity (Wildman–Crippen MR) is 116 cm³/mol. The molecule has 1 amide bonds. The zero-order valence-corrected chi connectivity index (χ0v) is 17.0. The van der Waals surface area contributed by atoms with E-state index in [1.54, 1.807) is 24.3 Å². The molecule has 0 radical (unpaired) electrons. The number of hydrogen-bond acceptors (Lipinski definition) is 6. The number of anilines is 1. The number of rotatable bonds is 7. The number of benzene rings is 2. The van der Waals surface area contributed by atoms with Crippen LogP contribution >= 0.6 is 11.8 Å². The molecule has 30 heavy (non-hydrogen) atoms. The van der Waals surface area contributed by atoms with Crippen molar-refractivity contribution in [1.29, 1.82) is 0 Å². The Hall–Kier alpha value is -3.59. The number of thioether (sulfide) groups is 1. The van der Waals surface area contributed by atoms with Crippen LogP contribution in [-0.2, 0) is 4.79 Å². The molecule has 0 aliphatic heterocycles. The Kier molecular flexibility index (Phi) is 5.80. The van der Waals surface area contributed by atoms with Crippen LogP contribution in [0.15, 0.2) is 70.6 Å². The number of nitrogens with zero attached hydrogens (tertiary/aromatic N) is 3. The van der Waals surface area contributed by atoms with Crippen molar-refractivity contribution in [3.63, 3.8) is 0 Å². The van der Waals surface area contributed by atoms with Gasteiger partial charge >= 0.3 is 0 Å². The van der Waals surface area contributed by atoms with E-state index in [0.29, 0.717) is 28.9 Å². The van der Waals surface area contributed by atoms with E-state index in [1.165, 1.54) is 22.3 Å². The quantitative estimate of drug-likeness (QED) is 0.444. The Labute approximate surface area is 176 Å². The maximum Gasteiger partial charge on any atom is 0.266 e. The Morgan fingerprint density at radius 2 is 1.90 bits per heavy atom. The summed E-state index contributed by atoms with van der Waals surface area (Å²) in [7, 11) is 0. The molecule has 9 heteroatoms. The fourth-order valence-corrected chi connectivity index (χ4v) is 3.58. The highest BCUT2D eigenvalue weighted by atomic mass is 32.2. The Balaban J connectivity index is 1.51. The van der Waals surface area contributed by atoms with Gasteiger partial charge in [0.15, 0.2) is 16.6 Å². The molecule has 2 aromatic heterocycles. The average molecular weight is 421 g/mol. The summed E-state index contributed by atoms with van der Waals surface area (Å²) >= 11 is 1.22. The molecule has 0 aliphatic rings. The fourth-order valence-electron chi connectivity index (χ4n) is 2.83. The number of fused-ring (bicyclic) bond motifs is 1. The molecule has 2 aromatic carbocycles. The standard InChI is InChI=1S/C21H19N5O3S/c1-2-29-16-10-8-15(9-11-16)22-19(28)13-30-21-24-20(14-6-4-3-5-7-14)23-17-12-18(27)25-26(17)21/h3-12H,2,13H2,1H3,(H,22,28)(H,25,27). The van der Waals surface area contributed by atoms with E-state index in [0.717, 1.165) is 11.3 Å². The van der Waals surface area contributed by atoms with E-state index in [2.05, 4.69) is 20.4 Å². The Morgan fingerprint density at radius 3 is 2.63 bits per heavy atom. The van der Waals surface area contributed by atoms with Crippen LogP contribution in [-0.4, -0.2) is 37.8 Å². The minimum atomic E-state index is -0.282. The minimum Gasteiger partial charge on any atom is -0.494 e. The van der Waals surface area contributed by atoms with Gasteiger partial charge in [0.1, 0.15) is 5.75 Å². The first-order valence-corrected chi connectivity index (χ1v) is 10.3. The molecule has 0 unspecified atom stereocenters. The second-order valence-corrected chi connectivity index (χ2v) is 7.25. The molecular weight excluding hydrogens is 402 g/mol. The lowest BCUT2D eigenvalue weighted by Gasteiger charge is -2.09. The summed E-state index contributed by atoms with van der Waals surface area (Å²) in [6.45, 7) is 2.50. The van der Waals surface area contributed by atoms with Crippen LogP contribution in [0.3, 0.4) is 0 Å². The van der Waals surface area contributed by atoms with Crippen molar-refractivity contribution in [2.24, 2.45) is 0 Å². The van der Waals surface area contributed by atoms with Crippen molar-refractivity contribution in [3.8, 4) is 17.1 Å². The molecule has 4 aromatic rings. The SMILES string of the molecule is CCOc1ccc(NC(=O)CSc2nc(-c3ccccc3)nc3cc(=O)[nH]n23)cc1. The highest BCUT2D eigenvalue weighted by Gasteiger charge is 2.13. The van der Waals surface area contributed by atoms with E-state index in [1.807, 2.05) is 37.3 Å². The Morgan fingerprint density at radius 1 is 1.13 bits per heavy atom. The molecule has 0 saturated carbocycles. The molecule has 4 rings (SSSR count). The number of carbonyl (C=O) groups excluding carboxylic acids is 1. The first-order valence-electron chi connectivity index (χ1n) is 9.33. The molecule has 8 nitrogen and oxygen atoms in total. The number of aromatic amines is 1. The largest absolute Gasteiger partial charge is 0.494 e. The molecule has 0 atom stereocenters. The van der Waals surface area contributed by atoms with Crippen LogP contribution in [0, 0.1) is 0 Å². The van der Waals surface area contributed by atoms with Gasteiger partial charge in [0, 0.05) is 17.3 Å². The van der Waals surface area contributed by atoms with Gasteiger partial charge in [-0.1, -0.05) is 42.1 Å². The monoisotopic (exact) mass is 421 g/mol. The maximum atomic E-state index is 12.4. The van der Waals surface area contributed by atoms with Gasteiger partial charge in [0.05, 0.1) is 12.4 Å². The van der Waals surface area contributed by atoms with E-state index in [-0.39, 0.29) is 17.2 Å². The zero-order valence-electron chi connectivity index (χ0n) is 16.2. The topological polar surface area (TPSA) is 101 Å². The number of nitrogens with one attached hydrogen (secondary N) is 2. The molecule has 2 heterocycles. The molecule has 0 fully saturated rings. The number of H-pyrrole nitrogens is 1. The molecule has 0 aliphatic carbocycles. The normalized spacial score (nSPS) is 10.8. The van der Waals surface area contributed by atoms with Crippen LogP contribution in [0.25, 0.3) is 17.0 Å². The van der Waals surface area contributed by atoms with Crippen molar-refractivity contribution in [1.82, 2.24) is 19.6 Å². The average Bonchev–Trinajstić information content (AvgIpc) is 3.14. The first-order chi connectivity index (χ1) is 14.6. The van der Waals surface area contributed by atoms with Crippen molar-refractivity contribution in [3.05, 3.63) is 71.0 Å². The van der Waals surface area contributed by atoms with Crippen LogP contribution < -0.4 is 15.6 Å². The third kappa shape index (κ3) is 4.52. The van der Waals surface area contributed by atoms with Gasteiger partial charge < -0.3 is 10.1 Å². The number of carbonyl (C=O) groups is 1. The van der Waals surface area contributed by atoms with Crippen molar-refractivity contribution < 1.29 is 9.53 Å². The second kappa shape index (κ2) is 8.83. The van der Waals surface area contributed by atoms with Crippen LogP contribution in [0.5, 0.6) is 5.75 Å². The van der Waals surface area contributed by atoms with Crippen LogP contribution in [0.2, 0.25) is 0 Å². The Bertz CT molecular complexity index is 1220. The van der Waals surface area contributed by atoms with E-state index < -0.39 is 0 Å². The van der Waals surface area contributed by atoms with Gasteiger partial charge in [-0.05, 0) is 31.2 Å².